The van der Waals surface area contributed by atoms with Gasteiger partial charge in [-0.15, -0.1) is 0 Å². The molecule has 1 fully saturated rings. The number of aromatic amines is 1. The van der Waals surface area contributed by atoms with Gasteiger partial charge in [-0.25, -0.2) is 9.50 Å². The van der Waals surface area contributed by atoms with E-state index in [0.29, 0.717) is 24.8 Å². The van der Waals surface area contributed by atoms with Crippen LogP contribution >= 0.6 is 0 Å². The van der Waals surface area contributed by atoms with Crippen LogP contribution in [0.2, 0.25) is 0 Å². The molecule has 0 unspecified atom stereocenters. The van der Waals surface area contributed by atoms with Gasteiger partial charge in [0, 0.05) is 37.0 Å². The summed E-state index contributed by atoms with van der Waals surface area (Å²) in [5, 5.41) is 11.8. The molecule has 1 aliphatic heterocycles. The van der Waals surface area contributed by atoms with E-state index in [1.807, 2.05) is 6.07 Å². The summed E-state index contributed by atoms with van der Waals surface area (Å²) in [6, 6.07) is 3.08. The van der Waals surface area contributed by atoms with E-state index in [4.69, 9.17) is 9.84 Å². The fourth-order valence-electron chi connectivity index (χ4n) is 2.52. The lowest BCUT2D eigenvalue weighted by molar-refractivity contribution is -0.136. The number of carboxylic acids is 1. The Balaban J connectivity index is 1.99. The lowest BCUT2D eigenvalue weighted by atomic mass is 9.97. The van der Waals surface area contributed by atoms with Crippen molar-refractivity contribution < 1.29 is 14.6 Å². The van der Waals surface area contributed by atoms with Gasteiger partial charge in [-0.3, -0.25) is 14.7 Å². The highest BCUT2D eigenvalue weighted by Gasteiger charge is 2.19. The molecule has 0 saturated carbocycles. The average Bonchev–Trinajstić information content (AvgIpc) is 2.83. The van der Waals surface area contributed by atoms with Crippen molar-refractivity contribution in [3.63, 3.8) is 0 Å². The van der Waals surface area contributed by atoms with Crippen LogP contribution in [0.4, 0.5) is 0 Å². The minimum Gasteiger partial charge on any atom is -0.481 e. The van der Waals surface area contributed by atoms with E-state index in [1.54, 1.807) is 0 Å². The first kappa shape index (κ1) is 12.9. The molecule has 1 aliphatic rings. The van der Waals surface area contributed by atoms with E-state index in [0.717, 1.165) is 18.5 Å². The number of H-pyrrole nitrogens is 1. The average molecular weight is 277 g/mol. The number of hydrogen-bond donors (Lipinski definition) is 2. The second-order valence-electron chi connectivity index (χ2n) is 4.95. The summed E-state index contributed by atoms with van der Waals surface area (Å²) in [4.78, 5) is 26.9. The second kappa shape index (κ2) is 5.09. The molecular formula is C13H15N3O4. The van der Waals surface area contributed by atoms with Gasteiger partial charge < -0.3 is 9.84 Å². The largest absolute Gasteiger partial charge is 0.481 e. The molecule has 2 N–H and O–H groups in total. The fourth-order valence-corrected chi connectivity index (χ4v) is 2.52. The van der Waals surface area contributed by atoms with Crippen molar-refractivity contribution in [3.8, 4) is 0 Å². The molecule has 2 aromatic rings. The van der Waals surface area contributed by atoms with Gasteiger partial charge in [-0.1, -0.05) is 0 Å². The summed E-state index contributed by atoms with van der Waals surface area (Å²) in [6.07, 6.45) is 1.57. The number of aliphatic carboxylic acids is 1. The number of carboxylic acid groups (broad SMARTS) is 1. The molecule has 0 aliphatic carbocycles. The maximum Gasteiger partial charge on any atom is 0.309 e. The predicted molar refractivity (Wildman–Crippen MR) is 69.9 cm³/mol. The van der Waals surface area contributed by atoms with Gasteiger partial charge in [0.1, 0.15) is 0 Å². The summed E-state index contributed by atoms with van der Waals surface area (Å²) < 4.78 is 6.68. The first-order valence-corrected chi connectivity index (χ1v) is 6.54. The van der Waals surface area contributed by atoms with Gasteiger partial charge in [0.05, 0.1) is 12.1 Å². The van der Waals surface area contributed by atoms with Crippen molar-refractivity contribution in [2.24, 2.45) is 0 Å². The molecule has 3 rings (SSSR count). The molecule has 0 amide bonds. The zero-order chi connectivity index (χ0) is 14.1. The number of carbonyl (C=O) groups is 1. The molecule has 2 aromatic heterocycles. The van der Waals surface area contributed by atoms with Crippen molar-refractivity contribution in [1.29, 1.82) is 0 Å². The molecule has 3 heterocycles. The Labute approximate surface area is 114 Å². The standard InChI is InChI=1S/C13H15N3O4/c17-12-5-9(6-13(18)19)14-11-7-10(15-16(11)12)8-1-3-20-4-2-8/h5,7-8,15H,1-4,6H2,(H,18,19). The minimum atomic E-state index is -0.999. The topological polar surface area (TPSA) is 96.7 Å². The Kier molecular flexibility index (Phi) is 3.27. The van der Waals surface area contributed by atoms with Crippen molar-refractivity contribution >= 4 is 11.6 Å². The summed E-state index contributed by atoms with van der Waals surface area (Å²) in [5.74, 6) is -0.672. The Hall–Kier alpha value is -2.15. The maximum absolute atomic E-state index is 12.0. The van der Waals surface area contributed by atoms with Crippen molar-refractivity contribution in [1.82, 2.24) is 14.6 Å². The predicted octanol–water partition coefficient (Wildman–Crippen LogP) is 0.544. The number of nitrogens with zero attached hydrogens (tertiary/aromatic N) is 2. The van der Waals surface area contributed by atoms with Gasteiger partial charge in [0.2, 0.25) is 0 Å². The van der Waals surface area contributed by atoms with Crippen LogP contribution in [0.5, 0.6) is 0 Å². The lowest BCUT2D eigenvalue weighted by Crippen LogP contribution is -2.18. The van der Waals surface area contributed by atoms with E-state index in [-0.39, 0.29) is 17.7 Å². The number of hydrogen-bond acceptors (Lipinski definition) is 4. The van der Waals surface area contributed by atoms with Crippen LogP contribution in [0.3, 0.4) is 0 Å². The van der Waals surface area contributed by atoms with Gasteiger partial charge in [0.15, 0.2) is 5.65 Å². The van der Waals surface area contributed by atoms with E-state index in [1.165, 1.54) is 10.6 Å². The van der Waals surface area contributed by atoms with Crippen LogP contribution in [0.1, 0.15) is 30.1 Å². The van der Waals surface area contributed by atoms with Crippen molar-refractivity contribution in [3.05, 3.63) is 33.9 Å². The Morgan fingerprint density at radius 2 is 2.20 bits per heavy atom. The Morgan fingerprint density at radius 1 is 1.45 bits per heavy atom. The summed E-state index contributed by atoms with van der Waals surface area (Å²) in [5.41, 5.74) is 1.41. The molecule has 7 nitrogen and oxygen atoms in total. The van der Waals surface area contributed by atoms with Gasteiger partial charge in [0.25, 0.3) is 5.56 Å². The summed E-state index contributed by atoms with van der Waals surface area (Å²) in [6.45, 7) is 1.43. The number of fused-ring (bicyclic) bond motifs is 1. The van der Waals surface area contributed by atoms with E-state index < -0.39 is 5.97 Å². The number of ether oxygens (including phenoxy) is 1. The Bertz CT molecular complexity index is 697. The quantitative estimate of drug-likeness (QED) is 0.853. The zero-order valence-electron chi connectivity index (χ0n) is 10.8. The summed E-state index contributed by atoms with van der Waals surface area (Å²) >= 11 is 0. The molecule has 0 bridgehead atoms. The highest BCUT2D eigenvalue weighted by atomic mass is 16.5. The maximum atomic E-state index is 12.0. The van der Waals surface area contributed by atoms with Gasteiger partial charge in [-0.05, 0) is 12.8 Å². The third-order valence-corrected chi connectivity index (χ3v) is 3.52. The minimum absolute atomic E-state index is 0.247. The first-order valence-electron chi connectivity index (χ1n) is 6.54. The molecule has 0 atom stereocenters. The van der Waals surface area contributed by atoms with Gasteiger partial charge >= 0.3 is 5.97 Å². The fraction of sp³-hybridized carbons (Fsp3) is 0.462. The van der Waals surface area contributed by atoms with Crippen LogP contribution in [0, 0.1) is 0 Å². The number of nitrogens with one attached hydrogen (secondary N) is 1. The number of aromatic nitrogens is 3. The molecule has 0 radical (unpaired) electrons. The monoisotopic (exact) mass is 277 g/mol. The zero-order valence-corrected chi connectivity index (χ0v) is 10.8. The van der Waals surface area contributed by atoms with E-state index in [2.05, 4.69) is 10.1 Å². The van der Waals surface area contributed by atoms with E-state index >= 15 is 0 Å². The van der Waals surface area contributed by atoms with Gasteiger partial charge in [-0.2, -0.15) is 0 Å². The van der Waals surface area contributed by atoms with Crippen molar-refractivity contribution in [2.45, 2.75) is 25.2 Å². The number of rotatable bonds is 3. The highest BCUT2D eigenvalue weighted by Crippen LogP contribution is 2.25. The molecule has 0 spiro atoms. The molecule has 106 valence electrons. The molecule has 7 heteroatoms. The molecule has 20 heavy (non-hydrogen) atoms. The SMILES string of the molecule is O=C(O)Cc1cc(=O)n2[nH]c(C3CCOCC3)cc2n1. The molecule has 0 aromatic carbocycles. The second-order valence-corrected chi connectivity index (χ2v) is 4.95. The van der Waals surface area contributed by atoms with Crippen LogP contribution in [0.15, 0.2) is 16.9 Å². The van der Waals surface area contributed by atoms with Crippen LogP contribution < -0.4 is 5.56 Å². The Morgan fingerprint density at radius 3 is 2.90 bits per heavy atom. The molecular weight excluding hydrogens is 262 g/mol. The first-order chi connectivity index (χ1) is 9.63. The lowest BCUT2D eigenvalue weighted by Gasteiger charge is -2.20. The third kappa shape index (κ3) is 2.44. The molecule has 1 saturated heterocycles. The highest BCUT2D eigenvalue weighted by molar-refractivity contribution is 5.69. The van der Waals surface area contributed by atoms with E-state index in [9.17, 15) is 9.59 Å². The van der Waals surface area contributed by atoms with Crippen LogP contribution in [0.25, 0.3) is 5.65 Å². The van der Waals surface area contributed by atoms with Crippen LogP contribution in [-0.2, 0) is 16.0 Å². The van der Waals surface area contributed by atoms with Crippen molar-refractivity contribution in [2.75, 3.05) is 13.2 Å². The smallest absolute Gasteiger partial charge is 0.309 e. The normalized spacial score (nSPS) is 16.6. The third-order valence-electron chi connectivity index (χ3n) is 3.52. The summed E-state index contributed by atoms with van der Waals surface area (Å²) in [7, 11) is 0. The van der Waals surface area contributed by atoms with Crippen LogP contribution in [-0.4, -0.2) is 38.9 Å².